The van der Waals surface area contributed by atoms with Gasteiger partial charge in [-0.15, -0.1) is 0 Å². The summed E-state index contributed by atoms with van der Waals surface area (Å²) in [7, 11) is 1.65. The first-order valence-corrected chi connectivity index (χ1v) is 11.1. The van der Waals surface area contributed by atoms with Crippen molar-refractivity contribution in [3.05, 3.63) is 41.2 Å². The van der Waals surface area contributed by atoms with Crippen molar-refractivity contribution < 1.29 is 14.6 Å². The van der Waals surface area contributed by atoms with E-state index in [1.54, 1.807) is 7.11 Å². The number of methoxy groups -OCH3 is 1. The van der Waals surface area contributed by atoms with Crippen molar-refractivity contribution in [2.45, 2.75) is 37.8 Å². The number of hydrogen-bond donors (Lipinski definition) is 2. The van der Waals surface area contributed by atoms with Gasteiger partial charge in [0, 0.05) is 41.9 Å². The molecule has 0 aliphatic heterocycles. The summed E-state index contributed by atoms with van der Waals surface area (Å²) in [5, 5.41) is 12.0. The standard InChI is InChI=1S/C24H27ClN4O3/c1-31-12-13-32-11-10-29-16-19(22-20(25)15-27-23(26)28-22)18-14-17(4-5-21(18)29)6-9-24(30)7-2-3-8-24/h4-5,14-16,30H,2-3,7-8,10-13H2,1H3,(H2,26,27,28). The molecule has 1 aromatic carbocycles. The average Bonchev–Trinajstić information content (AvgIpc) is 3.38. The monoisotopic (exact) mass is 454 g/mol. The Kier molecular flexibility index (Phi) is 6.97. The maximum absolute atomic E-state index is 10.6. The Bertz CT molecular complexity index is 1160. The van der Waals surface area contributed by atoms with Crippen LogP contribution in [0.4, 0.5) is 5.95 Å². The van der Waals surface area contributed by atoms with E-state index in [4.69, 9.17) is 26.8 Å². The molecule has 2 aromatic heterocycles. The normalized spacial score (nSPS) is 15.1. The van der Waals surface area contributed by atoms with Crippen molar-refractivity contribution in [3.8, 4) is 23.1 Å². The van der Waals surface area contributed by atoms with Crippen molar-refractivity contribution in [3.63, 3.8) is 0 Å². The summed E-state index contributed by atoms with van der Waals surface area (Å²) in [6.45, 7) is 2.30. The number of halogens is 1. The van der Waals surface area contributed by atoms with Crippen molar-refractivity contribution in [1.29, 1.82) is 0 Å². The van der Waals surface area contributed by atoms with Gasteiger partial charge in [0.1, 0.15) is 5.60 Å². The maximum Gasteiger partial charge on any atom is 0.220 e. The van der Waals surface area contributed by atoms with E-state index in [0.717, 1.165) is 47.7 Å². The van der Waals surface area contributed by atoms with E-state index < -0.39 is 5.60 Å². The minimum Gasteiger partial charge on any atom is -0.382 e. The summed E-state index contributed by atoms with van der Waals surface area (Å²) < 4.78 is 12.8. The molecule has 0 spiro atoms. The van der Waals surface area contributed by atoms with Gasteiger partial charge in [-0.1, -0.05) is 23.4 Å². The number of nitrogens with two attached hydrogens (primary N) is 1. The fourth-order valence-electron chi connectivity index (χ4n) is 4.00. The van der Waals surface area contributed by atoms with Gasteiger partial charge >= 0.3 is 0 Å². The summed E-state index contributed by atoms with van der Waals surface area (Å²) in [5.41, 5.74) is 8.21. The summed E-state index contributed by atoms with van der Waals surface area (Å²) in [6, 6.07) is 6.00. The van der Waals surface area contributed by atoms with Gasteiger partial charge in [-0.2, -0.15) is 0 Å². The van der Waals surface area contributed by atoms with Gasteiger partial charge in [0.15, 0.2) is 0 Å². The molecule has 8 heteroatoms. The lowest BCUT2D eigenvalue weighted by Gasteiger charge is -2.12. The quantitative estimate of drug-likeness (QED) is 0.418. The highest BCUT2D eigenvalue weighted by atomic mass is 35.5. The number of aliphatic hydroxyl groups is 1. The van der Waals surface area contributed by atoms with E-state index in [9.17, 15) is 5.11 Å². The van der Waals surface area contributed by atoms with Crippen LogP contribution in [0.3, 0.4) is 0 Å². The smallest absolute Gasteiger partial charge is 0.220 e. The zero-order valence-electron chi connectivity index (χ0n) is 18.1. The molecule has 1 aliphatic rings. The van der Waals surface area contributed by atoms with Crippen LogP contribution in [-0.2, 0) is 16.0 Å². The third-order valence-corrected chi connectivity index (χ3v) is 5.95. The lowest BCUT2D eigenvalue weighted by molar-refractivity contribution is 0.0670. The molecular formula is C24H27ClN4O3. The van der Waals surface area contributed by atoms with Gasteiger partial charge in [0.05, 0.1) is 36.7 Å². The van der Waals surface area contributed by atoms with Gasteiger partial charge in [-0.25, -0.2) is 9.97 Å². The molecule has 3 aromatic rings. The highest BCUT2D eigenvalue weighted by molar-refractivity contribution is 6.33. The van der Waals surface area contributed by atoms with E-state index in [2.05, 4.69) is 26.4 Å². The first-order chi connectivity index (χ1) is 15.5. The molecule has 32 heavy (non-hydrogen) atoms. The number of fused-ring (bicyclic) bond motifs is 1. The van der Waals surface area contributed by atoms with Crippen LogP contribution in [-0.4, -0.2) is 52.2 Å². The zero-order valence-corrected chi connectivity index (χ0v) is 18.9. The second kappa shape index (κ2) is 9.88. The van der Waals surface area contributed by atoms with Crippen LogP contribution in [0, 0.1) is 11.8 Å². The predicted molar refractivity (Wildman–Crippen MR) is 125 cm³/mol. The molecule has 168 valence electrons. The molecule has 2 heterocycles. The summed E-state index contributed by atoms with van der Waals surface area (Å²) in [6.07, 6.45) is 6.98. The molecule has 0 radical (unpaired) electrons. The molecule has 3 N–H and O–H groups in total. The summed E-state index contributed by atoms with van der Waals surface area (Å²) >= 11 is 6.42. The summed E-state index contributed by atoms with van der Waals surface area (Å²) in [5.74, 6) is 6.40. The van der Waals surface area contributed by atoms with Crippen molar-refractivity contribution in [1.82, 2.24) is 14.5 Å². The maximum atomic E-state index is 10.6. The van der Waals surface area contributed by atoms with Crippen molar-refractivity contribution in [2.24, 2.45) is 0 Å². The third-order valence-electron chi connectivity index (χ3n) is 5.68. The van der Waals surface area contributed by atoms with Crippen molar-refractivity contribution >= 4 is 28.5 Å². The highest BCUT2D eigenvalue weighted by Crippen LogP contribution is 2.34. The molecule has 1 aliphatic carbocycles. The molecule has 4 rings (SSSR count). The second-order valence-corrected chi connectivity index (χ2v) is 8.39. The Labute approximate surface area is 192 Å². The van der Waals surface area contributed by atoms with Gasteiger partial charge in [-0.3, -0.25) is 0 Å². The lowest BCUT2D eigenvalue weighted by atomic mass is 10.0. The summed E-state index contributed by atoms with van der Waals surface area (Å²) in [4.78, 5) is 8.35. The van der Waals surface area contributed by atoms with Gasteiger partial charge in [0.25, 0.3) is 0 Å². The Hall–Kier alpha value is -2.63. The largest absolute Gasteiger partial charge is 0.382 e. The molecule has 0 atom stereocenters. The Balaban J connectivity index is 1.72. The predicted octanol–water partition coefficient (Wildman–Crippen LogP) is 3.65. The van der Waals surface area contributed by atoms with E-state index in [1.165, 1.54) is 6.20 Å². The molecule has 0 unspecified atom stereocenters. The Morgan fingerprint density at radius 1 is 1.25 bits per heavy atom. The van der Waals surface area contributed by atoms with Crippen molar-refractivity contribution in [2.75, 3.05) is 32.7 Å². The Morgan fingerprint density at radius 3 is 2.84 bits per heavy atom. The van der Waals surface area contributed by atoms with E-state index in [0.29, 0.717) is 37.1 Å². The van der Waals surface area contributed by atoms with Crippen LogP contribution in [0.5, 0.6) is 0 Å². The fraction of sp³-hybridized carbons (Fsp3) is 0.417. The number of anilines is 1. The van der Waals surface area contributed by atoms with Crippen LogP contribution in [0.25, 0.3) is 22.2 Å². The van der Waals surface area contributed by atoms with Crippen LogP contribution in [0.1, 0.15) is 31.2 Å². The SMILES string of the molecule is COCCOCCn1cc(-c2nc(N)ncc2Cl)c2cc(C#CC3(O)CCCC3)ccc21. The van der Waals surface area contributed by atoms with Crippen LogP contribution < -0.4 is 5.73 Å². The number of nitrogens with zero attached hydrogens (tertiary/aromatic N) is 3. The minimum atomic E-state index is -0.881. The lowest BCUT2D eigenvalue weighted by Crippen LogP contribution is -2.20. The third kappa shape index (κ3) is 5.05. The minimum absolute atomic E-state index is 0.160. The molecule has 1 saturated carbocycles. The molecule has 0 saturated heterocycles. The zero-order chi connectivity index (χ0) is 22.6. The number of ether oxygens (including phenoxy) is 2. The second-order valence-electron chi connectivity index (χ2n) is 7.99. The van der Waals surface area contributed by atoms with Crippen LogP contribution in [0.2, 0.25) is 5.02 Å². The highest BCUT2D eigenvalue weighted by Gasteiger charge is 2.28. The molecule has 0 amide bonds. The van der Waals surface area contributed by atoms with Gasteiger partial charge in [-0.05, 0) is 43.9 Å². The molecular weight excluding hydrogens is 428 g/mol. The van der Waals surface area contributed by atoms with Crippen LogP contribution in [0.15, 0.2) is 30.6 Å². The topological polar surface area (TPSA) is 95.4 Å². The number of hydrogen-bond acceptors (Lipinski definition) is 6. The Morgan fingerprint density at radius 2 is 2.06 bits per heavy atom. The fourth-order valence-corrected chi connectivity index (χ4v) is 4.19. The number of rotatable bonds is 7. The van der Waals surface area contributed by atoms with E-state index >= 15 is 0 Å². The first kappa shape index (κ1) is 22.6. The average molecular weight is 455 g/mol. The van der Waals surface area contributed by atoms with Gasteiger partial charge < -0.3 is 24.9 Å². The van der Waals surface area contributed by atoms with E-state index in [-0.39, 0.29) is 5.95 Å². The molecule has 1 fully saturated rings. The van der Waals surface area contributed by atoms with Crippen LogP contribution >= 0.6 is 11.6 Å². The van der Waals surface area contributed by atoms with Gasteiger partial charge in [0.2, 0.25) is 5.95 Å². The number of aromatic nitrogens is 3. The molecule has 7 nitrogen and oxygen atoms in total. The van der Waals surface area contributed by atoms with E-state index in [1.807, 2.05) is 24.4 Å². The molecule has 0 bridgehead atoms. The number of nitrogen functional groups attached to an aromatic ring is 1. The number of benzene rings is 1. The first-order valence-electron chi connectivity index (χ1n) is 10.7.